The summed E-state index contributed by atoms with van der Waals surface area (Å²) in [6, 6.07) is -5.42. The van der Waals surface area contributed by atoms with Crippen LogP contribution < -0.4 is 0 Å². The van der Waals surface area contributed by atoms with E-state index < -0.39 is 41.5 Å². The van der Waals surface area contributed by atoms with Crippen LogP contribution in [0, 0.1) is 0 Å². The highest BCUT2D eigenvalue weighted by atomic mass is 19.4. The van der Waals surface area contributed by atoms with Gasteiger partial charge in [-0.05, 0) is 6.92 Å². The highest BCUT2D eigenvalue weighted by Crippen LogP contribution is 2.69. The lowest BCUT2D eigenvalue weighted by Gasteiger charge is -2.21. The summed E-state index contributed by atoms with van der Waals surface area (Å²) in [6.07, 6.45) is -15.1. The average Bonchev–Trinajstić information content (AvgIpc) is 2.62. The van der Waals surface area contributed by atoms with Gasteiger partial charge in [0.05, 0.1) is 6.61 Å². The maximum Gasteiger partial charge on any atom is 0.429 e. The molecule has 0 N–H and O–H groups in total. The van der Waals surface area contributed by atoms with Crippen molar-refractivity contribution in [2.24, 2.45) is 0 Å². The monoisotopic (exact) mass is 287 g/mol. The van der Waals surface area contributed by atoms with Gasteiger partial charge in [0.15, 0.2) is 0 Å². The third-order valence-corrected chi connectivity index (χ3v) is 2.27. The number of amides is 1. The van der Waals surface area contributed by atoms with Crippen molar-refractivity contribution in [2.45, 2.75) is 30.9 Å². The lowest BCUT2D eigenvalue weighted by Crippen LogP contribution is -2.52. The van der Waals surface area contributed by atoms with Crippen LogP contribution in [0.25, 0.3) is 0 Å². The predicted octanol–water partition coefficient (Wildman–Crippen LogP) is 2.91. The Morgan fingerprint density at radius 1 is 1.11 bits per heavy atom. The molecule has 0 spiro atoms. The maximum atomic E-state index is 12.9. The summed E-state index contributed by atoms with van der Waals surface area (Å²) in [6.45, 7) is 0.402. The topological polar surface area (TPSA) is 29.3 Å². The van der Waals surface area contributed by atoms with Crippen LogP contribution in [0.15, 0.2) is 0 Å². The third-order valence-electron chi connectivity index (χ3n) is 2.27. The molecule has 1 rings (SSSR count). The van der Waals surface area contributed by atoms with Crippen molar-refractivity contribution in [1.29, 1.82) is 0 Å². The summed E-state index contributed by atoms with van der Waals surface area (Å²) in [5.41, 5.74) is -5.51. The van der Waals surface area contributed by atoms with E-state index in [0.717, 1.165) is 6.92 Å². The fraction of sp³-hybridized carbons (Fsp3) is 0.857. The molecule has 0 saturated carbocycles. The molecule has 1 fully saturated rings. The molecule has 0 atom stereocenters. The van der Waals surface area contributed by atoms with E-state index >= 15 is 0 Å². The van der Waals surface area contributed by atoms with Gasteiger partial charge in [0.2, 0.25) is 0 Å². The number of carbonyl (C=O) groups excluding carboxylic acids is 1. The normalized spacial score (nSPS) is 21.7. The number of hydrogen-bond acceptors (Lipinski definition) is 2. The summed E-state index contributed by atoms with van der Waals surface area (Å²) in [5.74, 6) is 0. The Morgan fingerprint density at radius 3 is 1.72 bits per heavy atom. The van der Waals surface area contributed by atoms with Crippen molar-refractivity contribution < 1.29 is 44.7 Å². The van der Waals surface area contributed by atoms with Crippen LogP contribution in [0.5, 0.6) is 0 Å². The summed E-state index contributed by atoms with van der Waals surface area (Å²) < 4.78 is 103. The lowest BCUT2D eigenvalue weighted by molar-refractivity contribution is -0.288. The summed E-state index contributed by atoms with van der Waals surface area (Å²) >= 11 is 0. The zero-order valence-corrected chi connectivity index (χ0v) is 8.49. The van der Waals surface area contributed by atoms with Gasteiger partial charge in [-0.25, -0.2) is 9.69 Å². The molecule has 0 aromatic heterocycles. The van der Waals surface area contributed by atoms with Gasteiger partial charge in [-0.15, -0.1) is 0 Å². The standard InChI is InChI=1S/C7H5F8NO2/c1-2-18-3(17)16-4(5(8,9)10,6(11,12)13)7(16,14)15/h2H2,1H3. The van der Waals surface area contributed by atoms with Crippen molar-refractivity contribution in [3.05, 3.63) is 0 Å². The summed E-state index contributed by atoms with van der Waals surface area (Å²) in [4.78, 5) is 9.10. The Hall–Kier alpha value is -1.29. The number of alkyl halides is 8. The molecule has 1 aliphatic rings. The fourth-order valence-electron chi connectivity index (χ4n) is 1.50. The van der Waals surface area contributed by atoms with E-state index in [1.807, 2.05) is 0 Å². The molecule has 1 aliphatic heterocycles. The Morgan fingerprint density at radius 2 is 1.50 bits per heavy atom. The Balaban J connectivity index is 3.28. The molecule has 0 radical (unpaired) electrons. The molecular formula is C7H5F8NO2. The first-order chi connectivity index (χ1) is 7.85. The fourth-order valence-corrected chi connectivity index (χ4v) is 1.50. The van der Waals surface area contributed by atoms with Gasteiger partial charge in [0.25, 0.3) is 0 Å². The number of carbonyl (C=O) groups is 1. The second-order valence-electron chi connectivity index (χ2n) is 3.28. The average molecular weight is 287 g/mol. The van der Waals surface area contributed by atoms with Gasteiger partial charge in [-0.1, -0.05) is 0 Å². The number of halogens is 8. The molecule has 1 saturated heterocycles. The minimum Gasteiger partial charge on any atom is -0.450 e. The van der Waals surface area contributed by atoms with Gasteiger partial charge >= 0.3 is 30.0 Å². The molecule has 0 aromatic rings. The molecule has 3 nitrogen and oxygen atoms in total. The zero-order chi connectivity index (χ0) is 14.6. The lowest BCUT2D eigenvalue weighted by atomic mass is 10.1. The van der Waals surface area contributed by atoms with E-state index in [2.05, 4.69) is 4.74 Å². The second-order valence-corrected chi connectivity index (χ2v) is 3.28. The van der Waals surface area contributed by atoms with Gasteiger partial charge in [0.1, 0.15) is 0 Å². The first-order valence-electron chi connectivity index (χ1n) is 4.34. The van der Waals surface area contributed by atoms with Gasteiger partial charge in [-0.3, -0.25) is 0 Å². The van der Waals surface area contributed by atoms with Crippen LogP contribution >= 0.6 is 0 Å². The smallest absolute Gasteiger partial charge is 0.429 e. The zero-order valence-electron chi connectivity index (χ0n) is 8.49. The van der Waals surface area contributed by atoms with E-state index in [9.17, 15) is 39.9 Å². The second kappa shape index (κ2) is 3.60. The van der Waals surface area contributed by atoms with Crippen LogP contribution in [-0.4, -0.2) is 41.5 Å². The van der Waals surface area contributed by atoms with Crippen molar-refractivity contribution in [3.63, 3.8) is 0 Å². The van der Waals surface area contributed by atoms with E-state index in [1.54, 1.807) is 0 Å². The Bertz CT molecular complexity index is 345. The van der Waals surface area contributed by atoms with E-state index in [0.29, 0.717) is 0 Å². The van der Waals surface area contributed by atoms with E-state index in [1.165, 1.54) is 0 Å². The van der Waals surface area contributed by atoms with Crippen LogP contribution in [-0.2, 0) is 4.74 Å². The van der Waals surface area contributed by atoms with Gasteiger partial charge < -0.3 is 4.74 Å². The quantitative estimate of drug-likeness (QED) is 0.421. The Labute approximate surface area is 94.3 Å². The highest BCUT2D eigenvalue weighted by Gasteiger charge is 3.03. The number of hydrogen-bond donors (Lipinski definition) is 0. The number of ether oxygens (including phenoxy) is 1. The predicted molar refractivity (Wildman–Crippen MR) is 38.6 cm³/mol. The van der Waals surface area contributed by atoms with Crippen LogP contribution in [0.3, 0.4) is 0 Å². The Kier molecular flexibility index (Phi) is 2.96. The van der Waals surface area contributed by atoms with E-state index in [-0.39, 0.29) is 0 Å². The van der Waals surface area contributed by atoms with Crippen LogP contribution in [0.2, 0.25) is 0 Å². The van der Waals surface area contributed by atoms with Crippen LogP contribution in [0.1, 0.15) is 6.92 Å². The van der Waals surface area contributed by atoms with Gasteiger partial charge in [0, 0.05) is 0 Å². The molecule has 1 heterocycles. The van der Waals surface area contributed by atoms with Gasteiger partial charge in [-0.2, -0.15) is 35.1 Å². The minimum atomic E-state index is -6.37. The third kappa shape index (κ3) is 1.52. The molecule has 106 valence electrons. The molecule has 18 heavy (non-hydrogen) atoms. The van der Waals surface area contributed by atoms with Crippen LogP contribution in [0.4, 0.5) is 39.9 Å². The minimum absolute atomic E-state index is 0.642. The van der Waals surface area contributed by atoms with E-state index in [4.69, 9.17) is 0 Å². The molecule has 0 unspecified atom stereocenters. The molecular weight excluding hydrogens is 282 g/mol. The van der Waals surface area contributed by atoms with Crippen molar-refractivity contribution in [3.8, 4) is 0 Å². The molecule has 0 bridgehead atoms. The SMILES string of the molecule is CCOC(=O)N1C(F)(F)C1(C(F)(F)F)C(F)(F)F. The highest BCUT2D eigenvalue weighted by molar-refractivity contribution is 5.75. The first-order valence-corrected chi connectivity index (χ1v) is 4.34. The molecule has 1 amide bonds. The number of rotatable bonds is 1. The van der Waals surface area contributed by atoms with Crippen molar-refractivity contribution in [1.82, 2.24) is 4.90 Å². The number of nitrogens with zero attached hydrogens (tertiary/aromatic N) is 1. The first kappa shape index (κ1) is 14.8. The molecule has 0 aromatic carbocycles. The molecule has 0 aliphatic carbocycles. The summed E-state index contributed by atoms with van der Waals surface area (Å²) in [5, 5.41) is 0. The largest absolute Gasteiger partial charge is 0.450 e. The molecule has 11 heteroatoms. The van der Waals surface area contributed by atoms with Crippen molar-refractivity contribution >= 4 is 6.09 Å². The van der Waals surface area contributed by atoms with Crippen molar-refractivity contribution in [2.75, 3.05) is 6.61 Å². The maximum absolute atomic E-state index is 12.9. The summed E-state index contributed by atoms with van der Waals surface area (Å²) in [7, 11) is 0.